The summed E-state index contributed by atoms with van der Waals surface area (Å²) < 4.78 is 64.1. The number of hydrogen-bond donors (Lipinski definition) is 1. The first kappa shape index (κ1) is 23.0. The molecule has 1 fully saturated rings. The number of methoxy groups -OCH3 is 2. The Morgan fingerprint density at radius 2 is 1.87 bits per heavy atom. The van der Waals surface area contributed by atoms with Crippen LogP contribution in [0.15, 0.2) is 47.4 Å². The van der Waals surface area contributed by atoms with E-state index in [0.29, 0.717) is 16.5 Å². The summed E-state index contributed by atoms with van der Waals surface area (Å²) >= 11 is 0. The van der Waals surface area contributed by atoms with E-state index in [9.17, 15) is 21.6 Å². The van der Waals surface area contributed by atoms with Crippen LogP contribution < -0.4 is 18.5 Å². The lowest BCUT2D eigenvalue weighted by Crippen LogP contribution is -2.31. The quantitative estimate of drug-likeness (QED) is 0.624. The average Bonchev–Trinajstić information content (AvgIpc) is 2.94. The summed E-state index contributed by atoms with van der Waals surface area (Å²) in [6.07, 6.45) is 0.412. The van der Waals surface area contributed by atoms with E-state index in [4.69, 9.17) is 9.47 Å². The van der Waals surface area contributed by atoms with Crippen LogP contribution >= 0.6 is 0 Å². The van der Waals surface area contributed by atoms with E-state index in [-0.39, 0.29) is 28.6 Å². The highest BCUT2D eigenvalue weighted by atomic mass is 32.2. The van der Waals surface area contributed by atoms with Crippen LogP contribution in [0.2, 0.25) is 0 Å². The first-order valence-corrected chi connectivity index (χ1v) is 12.6. The summed E-state index contributed by atoms with van der Waals surface area (Å²) in [5.74, 6) is -0.915. The predicted octanol–water partition coefficient (Wildman–Crippen LogP) is 1.54. The molecule has 0 spiro atoms. The fourth-order valence-corrected chi connectivity index (χ4v) is 6.35. The van der Waals surface area contributed by atoms with E-state index in [0.717, 1.165) is 11.6 Å². The molecular formula is C20H24N2O7S2. The van der Waals surface area contributed by atoms with Gasteiger partial charge in [-0.3, -0.25) is 4.79 Å². The number of rotatable bonds is 8. The summed E-state index contributed by atoms with van der Waals surface area (Å²) in [5.41, 5.74) is 0.842. The SMILES string of the molecule is COc1cccc(CCNS(=O)(=O)c2cc(N3C(=O)[C@H](C)CS3(=O)=O)ccc2OC)c1. The van der Waals surface area contributed by atoms with Crippen LogP contribution in [0.1, 0.15) is 12.5 Å². The molecule has 1 aliphatic rings. The molecule has 0 saturated carbocycles. The van der Waals surface area contributed by atoms with E-state index >= 15 is 0 Å². The first-order valence-electron chi connectivity index (χ1n) is 9.46. The van der Waals surface area contributed by atoms with E-state index in [1.54, 1.807) is 19.2 Å². The predicted molar refractivity (Wildman–Crippen MR) is 115 cm³/mol. The van der Waals surface area contributed by atoms with E-state index in [1.807, 2.05) is 12.1 Å². The van der Waals surface area contributed by atoms with Crippen LogP contribution in [0.3, 0.4) is 0 Å². The van der Waals surface area contributed by atoms with Gasteiger partial charge in [-0.15, -0.1) is 0 Å². The van der Waals surface area contributed by atoms with Gasteiger partial charge in [0.1, 0.15) is 16.4 Å². The molecule has 0 radical (unpaired) electrons. The number of ether oxygens (including phenoxy) is 2. The van der Waals surface area contributed by atoms with E-state index in [2.05, 4.69) is 4.72 Å². The molecule has 1 aliphatic heterocycles. The maximum absolute atomic E-state index is 12.9. The van der Waals surface area contributed by atoms with Gasteiger partial charge in [0.05, 0.1) is 31.6 Å². The van der Waals surface area contributed by atoms with Crippen LogP contribution in [0, 0.1) is 5.92 Å². The highest BCUT2D eigenvalue weighted by molar-refractivity contribution is 7.94. The van der Waals surface area contributed by atoms with Gasteiger partial charge in [-0.2, -0.15) is 0 Å². The summed E-state index contributed by atoms with van der Waals surface area (Å²) in [4.78, 5) is 12.1. The number of carbonyl (C=O) groups is 1. The van der Waals surface area contributed by atoms with Crippen molar-refractivity contribution in [2.24, 2.45) is 5.92 Å². The molecule has 2 aromatic carbocycles. The number of sulfonamides is 2. The maximum atomic E-state index is 12.9. The van der Waals surface area contributed by atoms with Crippen molar-refractivity contribution in [1.29, 1.82) is 0 Å². The minimum absolute atomic E-state index is 0.0368. The van der Waals surface area contributed by atoms with Gasteiger partial charge in [-0.05, 0) is 42.3 Å². The van der Waals surface area contributed by atoms with Crippen molar-refractivity contribution in [2.45, 2.75) is 18.2 Å². The number of nitrogens with zero attached hydrogens (tertiary/aromatic N) is 1. The molecule has 0 aliphatic carbocycles. The molecule has 3 rings (SSSR count). The summed E-state index contributed by atoms with van der Waals surface area (Å²) in [6.45, 7) is 1.61. The molecule has 31 heavy (non-hydrogen) atoms. The number of benzene rings is 2. The van der Waals surface area contributed by atoms with Crippen LogP contribution in [0.25, 0.3) is 0 Å². The highest BCUT2D eigenvalue weighted by Crippen LogP contribution is 2.33. The Hall–Kier alpha value is -2.63. The molecule has 1 saturated heterocycles. The Labute approximate surface area is 182 Å². The molecule has 0 aromatic heterocycles. The van der Waals surface area contributed by atoms with Crippen molar-refractivity contribution in [2.75, 3.05) is 30.8 Å². The Morgan fingerprint density at radius 1 is 1.13 bits per heavy atom. The van der Waals surface area contributed by atoms with Crippen LogP contribution in [-0.4, -0.2) is 49.3 Å². The Bertz CT molecular complexity index is 1190. The van der Waals surface area contributed by atoms with Crippen molar-refractivity contribution in [3.8, 4) is 11.5 Å². The van der Waals surface area contributed by atoms with Gasteiger partial charge < -0.3 is 9.47 Å². The second-order valence-electron chi connectivity index (χ2n) is 7.12. The van der Waals surface area contributed by atoms with Gasteiger partial charge in [0.15, 0.2) is 0 Å². The summed E-state index contributed by atoms with van der Waals surface area (Å²) in [6, 6.07) is 11.1. The normalized spacial score (nSPS) is 18.2. The zero-order valence-corrected chi connectivity index (χ0v) is 19.0. The molecule has 0 unspecified atom stereocenters. The lowest BCUT2D eigenvalue weighted by molar-refractivity contribution is -0.119. The zero-order chi connectivity index (χ0) is 22.8. The van der Waals surface area contributed by atoms with Gasteiger partial charge in [0, 0.05) is 6.54 Å². The fraction of sp³-hybridized carbons (Fsp3) is 0.350. The molecule has 0 bridgehead atoms. The van der Waals surface area contributed by atoms with Crippen molar-refractivity contribution in [1.82, 2.24) is 4.72 Å². The molecule has 1 N–H and O–H groups in total. The monoisotopic (exact) mass is 468 g/mol. The fourth-order valence-electron chi connectivity index (χ4n) is 3.32. The number of anilines is 1. The lowest BCUT2D eigenvalue weighted by atomic mass is 10.1. The van der Waals surface area contributed by atoms with Gasteiger partial charge in [-0.1, -0.05) is 19.1 Å². The second kappa shape index (κ2) is 8.85. The molecule has 2 aromatic rings. The third-order valence-electron chi connectivity index (χ3n) is 4.87. The van der Waals surface area contributed by atoms with Crippen molar-refractivity contribution in [3.05, 3.63) is 48.0 Å². The minimum Gasteiger partial charge on any atom is -0.497 e. The standard InChI is InChI=1S/C20H24N2O7S2/c1-14-13-30(24,25)22(20(14)23)16-7-8-18(29-3)19(12-16)31(26,27)21-10-9-15-5-4-6-17(11-15)28-2/h4-8,11-12,14,21H,9-10,13H2,1-3H3/t14-/m1/s1. The molecule has 168 valence electrons. The van der Waals surface area contributed by atoms with Crippen molar-refractivity contribution < 1.29 is 31.1 Å². The van der Waals surface area contributed by atoms with Gasteiger partial charge in [-0.25, -0.2) is 25.9 Å². The molecule has 11 heteroatoms. The topological polar surface area (TPSA) is 119 Å². The average molecular weight is 469 g/mol. The number of amides is 1. The molecule has 1 amide bonds. The lowest BCUT2D eigenvalue weighted by Gasteiger charge is -2.18. The molecule has 9 nitrogen and oxygen atoms in total. The van der Waals surface area contributed by atoms with Crippen LogP contribution in [0.5, 0.6) is 11.5 Å². The molecular weight excluding hydrogens is 444 g/mol. The van der Waals surface area contributed by atoms with Crippen LogP contribution in [-0.2, 0) is 31.3 Å². The summed E-state index contributed by atoms with van der Waals surface area (Å²) in [5, 5.41) is 0. The maximum Gasteiger partial charge on any atom is 0.244 e. The molecule has 1 heterocycles. The Kier molecular flexibility index (Phi) is 6.58. The van der Waals surface area contributed by atoms with Crippen molar-refractivity contribution in [3.63, 3.8) is 0 Å². The number of hydrogen-bond acceptors (Lipinski definition) is 7. The zero-order valence-electron chi connectivity index (χ0n) is 17.4. The Morgan fingerprint density at radius 3 is 2.48 bits per heavy atom. The van der Waals surface area contributed by atoms with Gasteiger partial charge in [0.25, 0.3) is 0 Å². The minimum atomic E-state index is -4.05. The van der Waals surface area contributed by atoms with E-state index < -0.39 is 31.9 Å². The van der Waals surface area contributed by atoms with Crippen molar-refractivity contribution >= 4 is 31.6 Å². The van der Waals surface area contributed by atoms with Gasteiger partial charge in [0.2, 0.25) is 26.0 Å². The smallest absolute Gasteiger partial charge is 0.244 e. The number of carbonyl (C=O) groups excluding carboxylic acids is 1. The second-order valence-corrected chi connectivity index (χ2v) is 10.7. The third-order valence-corrected chi connectivity index (χ3v) is 8.22. The number of nitrogens with one attached hydrogen (secondary N) is 1. The Balaban J connectivity index is 1.86. The largest absolute Gasteiger partial charge is 0.497 e. The van der Waals surface area contributed by atoms with Crippen LogP contribution in [0.4, 0.5) is 5.69 Å². The molecule has 1 atom stereocenters. The summed E-state index contributed by atoms with van der Waals surface area (Å²) in [7, 11) is -5.05. The highest BCUT2D eigenvalue weighted by Gasteiger charge is 2.42. The van der Waals surface area contributed by atoms with E-state index in [1.165, 1.54) is 26.2 Å². The van der Waals surface area contributed by atoms with Gasteiger partial charge >= 0.3 is 0 Å². The third kappa shape index (κ3) is 4.83. The first-order chi connectivity index (χ1) is 14.6.